The van der Waals surface area contributed by atoms with Gasteiger partial charge in [-0.15, -0.1) is 0 Å². The van der Waals surface area contributed by atoms with E-state index in [1.165, 1.54) is 12.1 Å². The van der Waals surface area contributed by atoms with Gasteiger partial charge in [-0.3, -0.25) is 0 Å². The van der Waals surface area contributed by atoms with E-state index in [1.807, 2.05) is 24.3 Å². The normalized spacial score (nSPS) is 12.6. The van der Waals surface area contributed by atoms with Crippen LogP contribution in [0.25, 0.3) is 22.2 Å². The van der Waals surface area contributed by atoms with Crippen molar-refractivity contribution in [3.8, 4) is 11.3 Å². The largest absolute Gasteiger partial charge is 0.387 e. The summed E-state index contributed by atoms with van der Waals surface area (Å²) >= 11 is 6.21. The third kappa shape index (κ3) is 5.78. The van der Waals surface area contributed by atoms with Gasteiger partial charge in [0.05, 0.1) is 17.3 Å². The van der Waals surface area contributed by atoms with Crippen LogP contribution in [0.15, 0.2) is 48.5 Å². The molecule has 0 amide bonds. The van der Waals surface area contributed by atoms with E-state index < -0.39 is 6.10 Å². The molecule has 0 bridgehead atoms. The summed E-state index contributed by atoms with van der Waals surface area (Å²) in [5.74, 6) is -0.287. The highest BCUT2D eigenvalue weighted by atomic mass is 35.5. The Labute approximate surface area is 183 Å². The molecule has 0 aliphatic heterocycles. The number of benzene rings is 2. The first-order valence-corrected chi connectivity index (χ1v) is 11.2. The zero-order valence-corrected chi connectivity index (χ0v) is 18.5. The summed E-state index contributed by atoms with van der Waals surface area (Å²) in [6.07, 6.45) is 3.84. The first-order chi connectivity index (χ1) is 14.5. The van der Waals surface area contributed by atoms with Gasteiger partial charge in [-0.2, -0.15) is 0 Å². The molecule has 1 heterocycles. The summed E-state index contributed by atoms with van der Waals surface area (Å²) in [7, 11) is 0. The van der Waals surface area contributed by atoms with Crippen molar-refractivity contribution in [2.75, 3.05) is 19.6 Å². The lowest BCUT2D eigenvalue weighted by Gasteiger charge is -2.26. The molecule has 2 aromatic carbocycles. The quantitative estimate of drug-likeness (QED) is 0.393. The number of aromatic nitrogens is 1. The third-order valence-corrected chi connectivity index (χ3v) is 5.62. The number of pyridine rings is 1. The lowest BCUT2D eigenvalue weighted by Crippen LogP contribution is -2.31. The second-order valence-electron chi connectivity index (χ2n) is 7.79. The van der Waals surface area contributed by atoms with Crippen molar-refractivity contribution < 1.29 is 9.50 Å². The van der Waals surface area contributed by atoms with E-state index in [4.69, 9.17) is 16.6 Å². The lowest BCUT2D eigenvalue weighted by atomic mass is 9.99. The molecule has 1 atom stereocenters. The molecule has 3 rings (SSSR count). The van der Waals surface area contributed by atoms with E-state index in [9.17, 15) is 9.50 Å². The maximum atomic E-state index is 13.4. The highest BCUT2D eigenvalue weighted by Crippen LogP contribution is 2.31. The number of hydrogen-bond donors (Lipinski definition) is 1. The molecule has 3 nitrogen and oxygen atoms in total. The molecule has 160 valence electrons. The van der Waals surface area contributed by atoms with Crippen LogP contribution in [0.2, 0.25) is 5.02 Å². The molecular weight excluding hydrogens is 399 g/mol. The van der Waals surface area contributed by atoms with E-state index in [0.29, 0.717) is 17.3 Å². The van der Waals surface area contributed by atoms with Crippen LogP contribution in [0.4, 0.5) is 4.39 Å². The monoisotopic (exact) mass is 428 g/mol. The molecule has 0 spiro atoms. The van der Waals surface area contributed by atoms with Gasteiger partial charge in [0.2, 0.25) is 0 Å². The molecule has 0 fully saturated rings. The Morgan fingerprint density at radius 2 is 1.67 bits per heavy atom. The minimum Gasteiger partial charge on any atom is -0.387 e. The molecule has 1 aromatic heterocycles. The van der Waals surface area contributed by atoms with Gasteiger partial charge in [-0.05, 0) is 74.0 Å². The van der Waals surface area contributed by atoms with Crippen molar-refractivity contribution in [3.05, 3.63) is 64.9 Å². The van der Waals surface area contributed by atoms with Gasteiger partial charge in [0, 0.05) is 22.5 Å². The average Bonchev–Trinajstić information content (AvgIpc) is 2.75. The summed E-state index contributed by atoms with van der Waals surface area (Å²) < 4.78 is 13.4. The first kappa shape index (κ1) is 22.7. The van der Waals surface area contributed by atoms with Crippen LogP contribution in [-0.4, -0.2) is 34.6 Å². The number of hydrogen-bond acceptors (Lipinski definition) is 3. The molecule has 3 aromatic rings. The Morgan fingerprint density at radius 1 is 1.00 bits per heavy atom. The molecule has 0 saturated heterocycles. The van der Waals surface area contributed by atoms with Crippen molar-refractivity contribution in [1.29, 1.82) is 0 Å². The Bertz CT molecular complexity index is 953. The fourth-order valence-corrected chi connectivity index (χ4v) is 3.84. The number of rotatable bonds is 10. The van der Waals surface area contributed by atoms with Crippen molar-refractivity contribution in [3.63, 3.8) is 0 Å². The molecule has 30 heavy (non-hydrogen) atoms. The fraction of sp³-hybridized carbons (Fsp3) is 0.400. The SMILES string of the molecule is CCCCN(CCCC)CC(O)c1cc(-c2ccc(F)cc2)nc2cc(Cl)ccc12. The zero-order valence-electron chi connectivity index (χ0n) is 17.7. The second kappa shape index (κ2) is 10.9. The van der Waals surface area contributed by atoms with E-state index >= 15 is 0 Å². The van der Waals surface area contributed by atoms with Gasteiger partial charge >= 0.3 is 0 Å². The Hall–Kier alpha value is -2.01. The van der Waals surface area contributed by atoms with E-state index in [0.717, 1.165) is 60.8 Å². The smallest absolute Gasteiger partial charge is 0.123 e. The number of unbranched alkanes of at least 4 members (excludes halogenated alkanes) is 2. The van der Waals surface area contributed by atoms with Crippen LogP contribution < -0.4 is 0 Å². The van der Waals surface area contributed by atoms with Gasteiger partial charge in [0.25, 0.3) is 0 Å². The topological polar surface area (TPSA) is 36.4 Å². The summed E-state index contributed by atoms with van der Waals surface area (Å²) in [5.41, 5.74) is 3.06. The van der Waals surface area contributed by atoms with Crippen LogP contribution in [0.5, 0.6) is 0 Å². The molecule has 0 radical (unpaired) electrons. The number of aliphatic hydroxyl groups excluding tert-OH is 1. The van der Waals surface area contributed by atoms with Crippen LogP contribution in [0, 0.1) is 5.82 Å². The highest BCUT2D eigenvalue weighted by Gasteiger charge is 2.18. The molecule has 0 aliphatic rings. The maximum Gasteiger partial charge on any atom is 0.123 e. The van der Waals surface area contributed by atoms with Crippen molar-refractivity contribution in [2.24, 2.45) is 0 Å². The number of aliphatic hydroxyl groups is 1. The first-order valence-electron chi connectivity index (χ1n) is 10.8. The average molecular weight is 429 g/mol. The zero-order chi connectivity index (χ0) is 21.5. The Balaban J connectivity index is 1.98. The third-order valence-electron chi connectivity index (χ3n) is 5.39. The predicted octanol–water partition coefficient (Wildman–Crippen LogP) is 6.63. The number of nitrogens with zero attached hydrogens (tertiary/aromatic N) is 2. The van der Waals surface area contributed by atoms with E-state index in [1.54, 1.807) is 12.1 Å². The van der Waals surface area contributed by atoms with Crippen LogP contribution in [-0.2, 0) is 0 Å². The minimum atomic E-state index is -0.649. The summed E-state index contributed by atoms with van der Waals surface area (Å²) in [5, 5.41) is 12.7. The number of fused-ring (bicyclic) bond motifs is 1. The van der Waals surface area contributed by atoms with Gasteiger partial charge in [-0.1, -0.05) is 44.4 Å². The van der Waals surface area contributed by atoms with Gasteiger partial charge in [0.1, 0.15) is 5.82 Å². The Morgan fingerprint density at radius 3 is 2.30 bits per heavy atom. The van der Waals surface area contributed by atoms with Crippen LogP contribution in [0.1, 0.15) is 51.2 Å². The summed E-state index contributed by atoms with van der Waals surface area (Å²) in [4.78, 5) is 7.07. The van der Waals surface area contributed by atoms with Gasteiger partial charge < -0.3 is 10.0 Å². The lowest BCUT2D eigenvalue weighted by molar-refractivity contribution is 0.112. The predicted molar refractivity (Wildman–Crippen MR) is 123 cm³/mol. The Kier molecular flexibility index (Phi) is 8.20. The molecular formula is C25H30ClFN2O. The highest BCUT2D eigenvalue weighted by molar-refractivity contribution is 6.31. The van der Waals surface area contributed by atoms with Gasteiger partial charge in [0.15, 0.2) is 0 Å². The molecule has 0 saturated carbocycles. The van der Waals surface area contributed by atoms with Gasteiger partial charge in [-0.25, -0.2) is 9.37 Å². The molecule has 1 N–H and O–H groups in total. The standard InChI is InChI=1S/C25H30ClFN2O/c1-3-5-13-29(14-6-4-2)17-25(30)22-16-23(18-7-10-20(27)11-8-18)28-24-15-19(26)9-12-21(22)24/h7-12,15-16,25,30H,3-6,13-14,17H2,1-2H3. The van der Waals surface area contributed by atoms with Crippen LogP contribution >= 0.6 is 11.6 Å². The van der Waals surface area contributed by atoms with E-state index in [-0.39, 0.29) is 5.82 Å². The molecule has 0 aliphatic carbocycles. The second-order valence-corrected chi connectivity index (χ2v) is 8.23. The van der Waals surface area contributed by atoms with Crippen LogP contribution in [0.3, 0.4) is 0 Å². The summed E-state index contributed by atoms with van der Waals surface area (Å²) in [6.45, 7) is 6.90. The minimum absolute atomic E-state index is 0.287. The molecule has 5 heteroatoms. The molecule has 1 unspecified atom stereocenters. The fourth-order valence-electron chi connectivity index (χ4n) is 3.67. The van der Waals surface area contributed by atoms with E-state index in [2.05, 4.69) is 18.7 Å². The van der Waals surface area contributed by atoms with Crippen molar-refractivity contribution >= 4 is 22.5 Å². The van der Waals surface area contributed by atoms with Crippen molar-refractivity contribution in [1.82, 2.24) is 9.88 Å². The summed E-state index contributed by atoms with van der Waals surface area (Å²) in [6, 6.07) is 13.7. The number of halogens is 2. The van der Waals surface area contributed by atoms with Crippen molar-refractivity contribution in [2.45, 2.75) is 45.6 Å². The maximum absolute atomic E-state index is 13.4.